The first kappa shape index (κ1) is 21.4. The Kier molecular flexibility index (Phi) is 6.85. The van der Waals surface area contributed by atoms with E-state index < -0.39 is 22.8 Å². The van der Waals surface area contributed by atoms with Gasteiger partial charge >= 0.3 is 5.97 Å². The van der Waals surface area contributed by atoms with E-state index in [1.165, 1.54) is 56.5 Å². The first-order chi connectivity index (χ1) is 13.7. The summed E-state index contributed by atoms with van der Waals surface area (Å²) in [5.74, 6) is -1.94. The molecule has 0 saturated heterocycles. The lowest BCUT2D eigenvalue weighted by atomic mass is 10.0. The fraction of sp³-hybridized carbons (Fsp3) is 0.211. The maximum atomic E-state index is 12.4. The van der Waals surface area contributed by atoms with Crippen molar-refractivity contribution in [3.05, 3.63) is 63.7 Å². The fourth-order valence-electron chi connectivity index (χ4n) is 2.61. The van der Waals surface area contributed by atoms with E-state index in [1.807, 2.05) is 0 Å². The molecule has 0 aliphatic heterocycles. The number of aliphatic carboxylic acids is 1. The lowest BCUT2D eigenvalue weighted by molar-refractivity contribution is -0.384. The monoisotopic (exact) mass is 401 g/mol. The van der Waals surface area contributed by atoms with Crippen LogP contribution in [0.15, 0.2) is 42.5 Å². The molecule has 2 aromatic rings. The Labute approximate surface area is 165 Å². The molecule has 2 rings (SSSR count). The highest BCUT2D eigenvalue weighted by Gasteiger charge is 2.24. The summed E-state index contributed by atoms with van der Waals surface area (Å²) in [5.41, 5.74) is 0.738. The SMILES string of the molecule is COc1ccc([N+](=O)[O-])cc1C[C@H](NC(=O)c1ccc(NC(C)=O)cc1)C(=O)O. The van der Waals surface area contributed by atoms with E-state index in [-0.39, 0.29) is 34.9 Å². The van der Waals surface area contributed by atoms with Gasteiger partial charge in [0.25, 0.3) is 11.6 Å². The molecule has 0 bridgehead atoms. The zero-order valence-corrected chi connectivity index (χ0v) is 15.7. The van der Waals surface area contributed by atoms with Gasteiger partial charge in [-0.25, -0.2) is 4.79 Å². The molecular formula is C19H19N3O7. The molecule has 2 aromatic carbocycles. The highest BCUT2D eigenvalue weighted by molar-refractivity contribution is 5.97. The van der Waals surface area contributed by atoms with Crippen LogP contribution < -0.4 is 15.4 Å². The highest BCUT2D eigenvalue weighted by Crippen LogP contribution is 2.25. The summed E-state index contributed by atoms with van der Waals surface area (Å²) in [6, 6.07) is 8.38. The maximum Gasteiger partial charge on any atom is 0.326 e. The zero-order chi connectivity index (χ0) is 21.6. The number of nitrogens with one attached hydrogen (secondary N) is 2. The molecule has 0 unspecified atom stereocenters. The molecule has 0 aliphatic rings. The number of carbonyl (C=O) groups is 3. The molecule has 10 nitrogen and oxygen atoms in total. The summed E-state index contributed by atoms with van der Waals surface area (Å²) in [5, 5.41) is 25.4. The Morgan fingerprint density at radius 1 is 1.17 bits per heavy atom. The molecule has 3 N–H and O–H groups in total. The van der Waals surface area contributed by atoms with E-state index in [4.69, 9.17) is 4.74 Å². The highest BCUT2D eigenvalue weighted by atomic mass is 16.6. The van der Waals surface area contributed by atoms with E-state index in [2.05, 4.69) is 10.6 Å². The normalized spacial score (nSPS) is 11.2. The van der Waals surface area contributed by atoms with Gasteiger partial charge < -0.3 is 20.5 Å². The molecule has 0 aliphatic carbocycles. The van der Waals surface area contributed by atoms with Crippen molar-refractivity contribution < 1.29 is 29.2 Å². The largest absolute Gasteiger partial charge is 0.496 e. The minimum absolute atomic E-state index is 0.191. The third kappa shape index (κ3) is 5.76. The van der Waals surface area contributed by atoms with Crippen LogP contribution in [0.3, 0.4) is 0 Å². The van der Waals surface area contributed by atoms with E-state index >= 15 is 0 Å². The number of methoxy groups -OCH3 is 1. The van der Waals surface area contributed by atoms with Gasteiger partial charge in [0.2, 0.25) is 5.91 Å². The summed E-state index contributed by atoms with van der Waals surface area (Å²) in [7, 11) is 1.36. The van der Waals surface area contributed by atoms with Crippen molar-refractivity contribution in [2.75, 3.05) is 12.4 Å². The Hall–Kier alpha value is -3.95. The van der Waals surface area contributed by atoms with Crippen molar-refractivity contribution in [2.24, 2.45) is 0 Å². The van der Waals surface area contributed by atoms with Crippen molar-refractivity contribution in [2.45, 2.75) is 19.4 Å². The second-order valence-corrected chi connectivity index (χ2v) is 6.08. The van der Waals surface area contributed by atoms with Crippen molar-refractivity contribution in [3.63, 3.8) is 0 Å². The number of hydrogen-bond donors (Lipinski definition) is 3. The van der Waals surface area contributed by atoms with Gasteiger partial charge in [-0.1, -0.05) is 0 Å². The maximum absolute atomic E-state index is 12.4. The van der Waals surface area contributed by atoms with Gasteiger partial charge in [-0.15, -0.1) is 0 Å². The molecule has 0 heterocycles. The van der Waals surface area contributed by atoms with Crippen LogP contribution in [0.2, 0.25) is 0 Å². The van der Waals surface area contributed by atoms with Crippen LogP contribution in [-0.4, -0.2) is 41.0 Å². The number of benzene rings is 2. The second kappa shape index (κ2) is 9.31. The molecule has 1 atom stereocenters. The number of rotatable bonds is 8. The number of amides is 2. The van der Waals surface area contributed by atoms with Crippen LogP contribution in [0.5, 0.6) is 5.75 Å². The number of carbonyl (C=O) groups excluding carboxylic acids is 2. The van der Waals surface area contributed by atoms with Crippen molar-refractivity contribution >= 4 is 29.2 Å². The molecule has 0 aromatic heterocycles. The van der Waals surface area contributed by atoms with Gasteiger partial charge in [0.15, 0.2) is 0 Å². The topological polar surface area (TPSA) is 148 Å². The van der Waals surface area contributed by atoms with Gasteiger partial charge in [-0.2, -0.15) is 0 Å². The molecule has 2 amide bonds. The lowest BCUT2D eigenvalue weighted by Gasteiger charge is -2.16. The minimum Gasteiger partial charge on any atom is -0.496 e. The summed E-state index contributed by atoms with van der Waals surface area (Å²) < 4.78 is 5.13. The van der Waals surface area contributed by atoms with Crippen molar-refractivity contribution in [1.82, 2.24) is 5.32 Å². The van der Waals surface area contributed by atoms with Gasteiger partial charge in [0.1, 0.15) is 11.8 Å². The average molecular weight is 401 g/mol. The van der Waals surface area contributed by atoms with E-state index in [0.717, 1.165) is 0 Å². The fourth-order valence-corrected chi connectivity index (χ4v) is 2.61. The predicted octanol–water partition coefficient (Wildman–Crippen LogP) is 1.99. The third-order valence-electron chi connectivity index (χ3n) is 3.97. The van der Waals surface area contributed by atoms with Crippen molar-refractivity contribution in [1.29, 1.82) is 0 Å². The molecule has 10 heteroatoms. The predicted molar refractivity (Wildman–Crippen MR) is 103 cm³/mol. The molecule has 29 heavy (non-hydrogen) atoms. The first-order valence-electron chi connectivity index (χ1n) is 8.44. The van der Waals surface area contributed by atoms with Crippen LogP contribution in [0.4, 0.5) is 11.4 Å². The van der Waals surface area contributed by atoms with Gasteiger partial charge in [0, 0.05) is 42.3 Å². The first-order valence-corrected chi connectivity index (χ1v) is 8.44. The average Bonchev–Trinajstić information content (AvgIpc) is 2.67. The molecule has 0 radical (unpaired) electrons. The smallest absolute Gasteiger partial charge is 0.326 e. The van der Waals surface area contributed by atoms with Gasteiger partial charge in [0.05, 0.1) is 12.0 Å². The molecule has 0 saturated carbocycles. The number of nitrogens with zero attached hydrogens (tertiary/aromatic N) is 1. The minimum atomic E-state index is -1.34. The van der Waals surface area contributed by atoms with Gasteiger partial charge in [-0.05, 0) is 30.3 Å². The van der Waals surface area contributed by atoms with E-state index in [9.17, 15) is 29.6 Å². The quantitative estimate of drug-likeness (QED) is 0.452. The van der Waals surface area contributed by atoms with Crippen LogP contribution in [0, 0.1) is 10.1 Å². The summed E-state index contributed by atoms with van der Waals surface area (Å²) >= 11 is 0. The van der Waals surface area contributed by atoms with E-state index in [0.29, 0.717) is 5.69 Å². The van der Waals surface area contributed by atoms with E-state index in [1.54, 1.807) is 0 Å². The Morgan fingerprint density at radius 2 is 1.83 bits per heavy atom. The number of carboxylic acids is 1. The Morgan fingerprint density at radius 3 is 2.34 bits per heavy atom. The molecule has 152 valence electrons. The second-order valence-electron chi connectivity index (χ2n) is 6.08. The number of nitro benzene ring substituents is 1. The Balaban J connectivity index is 2.19. The number of ether oxygens (including phenoxy) is 1. The summed E-state index contributed by atoms with van der Waals surface area (Å²) in [6.45, 7) is 1.35. The molecule has 0 spiro atoms. The summed E-state index contributed by atoms with van der Waals surface area (Å²) in [4.78, 5) is 45.5. The number of nitro groups is 1. The molecular weight excluding hydrogens is 382 g/mol. The third-order valence-corrected chi connectivity index (χ3v) is 3.97. The standard InChI is InChI=1S/C19H19N3O7/c1-11(23)20-14-5-3-12(4-6-14)18(24)21-16(19(25)26)10-13-9-15(22(27)28)7-8-17(13)29-2/h3-9,16H,10H2,1-2H3,(H,20,23)(H,21,24)(H,25,26)/t16-/m0/s1. The number of anilines is 1. The van der Waals surface area contributed by atoms with Crippen LogP contribution in [-0.2, 0) is 16.0 Å². The summed E-state index contributed by atoms with van der Waals surface area (Å²) in [6.07, 6.45) is -0.212. The zero-order valence-electron chi connectivity index (χ0n) is 15.7. The number of hydrogen-bond acceptors (Lipinski definition) is 6. The number of carboxylic acid groups (broad SMARTS) is 1. The van der Waals surface area contributed by atoms with Crippen LogP contribution >= 0.6 is 0 Å². The Bertz CT molecular complexity index is 941. The number of non-ortho nitro benzene ring substituents is 1. The van der Waals surface area contributed by atoms with Gasteiger partial charge in [-0.3, -0.25) is 19.7 Å². The molecule has 0 fully saturated rings. The van der Waals surface area contributed by atoms with Crippen LogP contribution in [0.25, 0.3) is 0 Å². The van der Waals surface area contributed by atoms with Crippen molar-refractivity contribution in [3.8, 4) is 5.75 Å². The lowest BCUT2D eigenvalue weighted by Crippen LogP contribution is -2.42. The van der Waals surface area contributed by atoms with Crippen LogP contribution in [0.1, 0.15) is 22.8 Å².